The Labute approximate surface area is 233 Å². The molecule has 0 aromatic heterocycles. The first-order valence-corrected chi connectivity index (χ1v) is 15.7. The van der Waals surface area contributed by atoms with E-state index in [-0.39, 0.29) is 37.4 Å². The van der Waals surface area contributed by atoms with Gasteiger partial charge in [0.1, 0.15) is 11.8 Å². The Morgan fingerprint density at radius 1 is 1.05 bits per heavy atom. The number of ether oxygens (including phenoxy) is 1. The second-order valence-electron chi connectivity index (χ2n) is 10.4. The van der Waals surface area contributed by atoms with E-state index in [0.29, 0.717) is 18.5 Å². The van der Waals surface area contributed by atoms with E-state index in [2.05, 4.69) is 5.32 Å². The van der Waals surface area contributed by atoms with Gasteiger partial charge in [0.25, 0.3) is 0 Å². The van der Waals surface area contributed by atoms with Crippen LogP contribution in [0.2, 0.25) is 0 Å². The van der Waals surface area contributed by atoms with E-state index in [1.165, 1.54) is 17.0 Å². The van der Waals surface area contributed by atoms with Crippen molar-refractivity contribution >= 4 is 27.5 Å². The highest BCUT2D eigenvalue weighted by Gasteiger charge is 2.30. The van der Waals surface area contributed by atoms with Gasteiger partial charge in [-0.05, 0) is 61.9 Å². The normalized spacial score (nSPS) is 14.9. The molecule has 39 heavy (non-hydrogen) atoms. The number of para-hydroxylation sites is 1. The van der Waals surface area contributed by atoms with Crippen LogP contribution in [0.25, 0.3) is 0 Å². The van der Waals surface area contributed by atoms with Crippen LogP contribution in [0.4, 0.5) is 5.69 Å². The Morgan fingerprint density at radius 3 is 2.31 bits per heavy atom. The first-order chi connectivity index (χ1) is 18.6. The van der Waals surface area contributed by atoms with Crippen LogP contribution in [0.3, 0.4) is 0 Å². The third-order valence-corrected chi connectivity index (χ3v) is 8.57. The average molecular weight is 558 g/mol. The maximum absolute atomic E-state index is 13.7. The van der Waals surface area contributed by atoms with Gasteiger partial charge in [-0.25, -0.2) is 8.42 Å². The molecule has 1 aliphatic rings. The number of aryl methyl sites for hydroxylation is 1. The lowest BCUT2D eigenvalue weighted by Gasteiger charge is -2.33. The second-order valence-corrected chi connectivity index (χ2v) is 12.3. The molecule has 0 bridgehead atoms. The zero-order chi connectivity index (χ0) is 28.4. The fourth-order valence-electron chi connectivity index (χ4n) is 5.22. The van der Waals surface area contributed by atoms with Gasteiger partial charge in [0, 0.05) is 25.6 Å². The molecule has 0 spiro atoms. The van der Waals surface area contributed by atoms with Gasteiger partial charge in [0.2, 0.25) is 21.8 Å². The summed E-state index contributed by atoms with van der Waals surface area (Å²) in [6.07, 6.45) is 7.46. The van der Waals surface area contributed by atoms with Crippen LogP contribution in [0.5, 0.6) is 5.75 Å². The number of sulfonamides is 1. The number of nitrogens with one attached hydrogen (secondary N) is 1. The standard InChI is InChI=1S/C30H43N3O5S/c1-5-27(30(35)31-25-13-7-6-8-14-25)32(22-24-17-19-26(38-3)20-18-24)29(34)16-11-21-33(39(4,36)37)28-15-10-9-12-23(28)2/h9-10,12,15,17-20,25,27H,5-8,11,13-14,16,21-22H2,1-4H3,(H,31,35)/t27-/m1/s1. The zero-order valence-corrected chi connectivity index (χ0v) is 24.5. The molecule has 0 unspecified atom stereocenters. The Morgan fingerprint density at radius 2 is 1.72 bits per heavy atom. The van der Waals surface area contributed by atoms with Crippen LogP contribution in [0.15, 0.2) is 48.5 Å². The maximum atomic E-state index is 13.7. The molecule has 2 amide bonds. The van der Waals surface area contributed by atoms with Crippen molar-refractivity contribution in [2.45, 2.75) is 83.8 Å². The van der Waals surface area contributed by atoms with Crippen LogP contribution < -0.4 is 14.4 Å². The summed E-state index contributed by atoms with van der Waals surface area (Å²) in [5.74, 6) is 0.425. The molecule has 1 aliphatic carbocycles. The number of anilines is 1. The number of hydrogen-bond acceptors (Lipinski definition) is 5. The monoisotopic (exact) mass is 557 g/mol. The van der Waals surface area contributed by atoms with Crippen molar-refractivity contribution in [2.75, 3.05) is 24.2 Å². The van der Waals surface area contributed by atoms with Gasteiger partial charge < -0.3 is 15.0 Å². The largest absolute Gasteiger partial charge is 0.497 e. The van der Waals surface area contributed by atoms with Crippen LogP contribution in [0, 0.1) is 6.92 Å². The summed E-state index contributed by atoms with van der Waals surface area (Å²) in [7, 11) is -1.93. The van der Waals surface area contributed by atoms with E-state index in [1.807, 2.05) is 50.2 Å². The molecule has 1 N–H and O–H groups in total. The quantitative estimate of drug-likeness (QED) is 0.382. The summed E-state index contributed by atoms with van der Waals surface area (Å²) < 4.78 is 31.8. The van der Waals surface area contributed by atoms with E-state index in [9.17, 15) is 18.0 Å². The predicted molar refractivity (Wildman–Crippen MR) is 155 cm³/mol. The fourth-order valence-corrected chi connectivity index (χ4v) is 6.24. The Bertz CT molecular complexity index is 1190. The number of rotatable bonds is 13. The van der Waals surface area contributed by atoms with Gasteiger partial charge in [-0.15, -0.1) is 0 Å². The van der Waals surface area contributed by atoms with E-state index in [0.717, 1.165) is 42.6 Å². The van der Waals surface area contributed by atoms with Gasteiger partial charge in [-0.1, -0.05) is 56.5 Å². The lowest BCUT2D eigenvalue weighted by Crippen LogP contribution is -2.51. The van der Waals surface area contributed by atoms with Gasteiger partial charge in [0.15, 0.2) is 0 Å². The number of methoxy groups -OCH3 is 1. The smallest absolute Gasteiger partial charge is 0.243 e. The first kappa shape index (κ1) is 30.5. The SMILES string of the molecule is CC[C@H](C(=O)NC1CCCCC1)N(Cc1ccc(OC)cc1)C(=O)CCCN(c1ccccc1C)S(C)(=O)=O. The molecule has 1 saturated carbocycles. The highest BCUT2D eigenvalue weighted by molar-refractivity contribution is 7.92. The number of benzene rings is 2. The summed E-state index contributed by atoms with van der Waals surface area (Å²) in [5.41, 5.74) is 2.35. The lowest BCUT2D eigenvalue weighted by molar-refractivity contribution is -0.141. The molecule has 214 valence electrons. The van der Waals surface area contributed by atoms with Crippen molar-refractivity contribution in [2.24, 2.45) is 0 Å². The highest BCUT2D eigenvalue weighted by Crippen LogP contribution is 2.24. The number of nitrogens with zero attached hydrogens (tertiary/aromatic N) is 2. The minimum Gasteiger partial charge on any atom is -0.497 e. The van der Waals surface area contributed by atoms with Crippen molar-refractivity contribution in [1.29, 1.82) is 0 Å². The molecule has 9 heteroatoms. The van der Waals surface area contributed by atoms with Gasteiger partial charge in [-0.3, -0.25) is 13.9 Å². The Hall–Kier alpha value is -3.07. The van der Waals surface area contributed by atoms with E-state index < -0.39 is 16.1 Å². The maximum Gasteiger partial charge on any atom is 0.243 e. The highest BCUT2D eigenvalue weighted by atomic mass is 32.2. The average Bonchev–Trinajstić information content (AvgIpc) is 2.91. The van der Waals surface area contributed by atoms with Crippen LogP contribution in [0.1, 0.15) is 69.4 Å². The minimum absolute atomic E-state index is 0.121. The lowest BCUT2D eigenvalue weighted by atomic mass is 9.95. The number of carbonyl (C=O) groups excluding carboxylic acids is 2. The molecule has 1 fully saturated rings. The topological polar surface area (TPSA) is 96.0 Å². The molecule has 0 aliphatic heterocycles. The zero-order valence-electron chi connectivity index (χ0n) is 23.7. The van der Waals surface area contributed by atoms with Crippen molar-refractivity contribution in [3.63, 3.8) is 0 Å². The fraction of sp³-hybridized carbons (Fsp3) is 0.533. The van der Waals surface area contributed by atoms with Crippen LogP contribution >= 0.6 is 0 Å². The summed E-state index contributed by atoms with van der Waals surface area (Å²) in [6, 6.07) is 14.3. The molecular weight excluding hydrogens is 514 g/mol. The minimum atomic E-state index is -3.53. The first-order valence-electron chi connectivity index (χ1n) is 13.9. The van der Waals surface area contributed by atoms with Gasteiger partial charge in [0.05, 0.1) is 19.1 Å². The number of carbonyl (C=O) groups is 2. The van der Waals surface area contributed by atoms with Crippen LogP contribution in [-0.4, -0.2) is 57.1 Å². The molecular formula is C30H43N3O5S. The Kier molecular flexibility index (Phi) is 11.2. The van der Waals surface area contributed by atoms with Crippen LogP contribution in [-0.2, 0) is 26.2 Å². The molecule has 0 radical (unpaired) electrons. The molecule has 0 saturated heterocycles. The number of amides is 2. The summed E-state index contributed by atoms with van der Waals surface area (Å²) in [5, 5.41) is 3.19. The van der Waals surface area contributed by atoms with E-state index in [4.69, 9.17) is 4.74 Å². The Balaban J connectivity index is 1.77. The summed E-state index contributed by atoms with van der Waals surface area (Å²) in [6.45, 7) is 4.25. The van der Waals surface area contributed by atoms with Gasteiger partial charge in [-0.2, -0.15) is 0 Å². The molecule has 3 rings (SSSR count). The van der Waals surface area contributed by atoms with Gasteiger partial charge >= 0.3 is 0 Å². The van der Waals surface area contributed by atoms with Crippen molar-refractivity contribution < 1.29 is 22.7 Å². The summed E-state index contributed by atoms with van der Waals surface area (Å²) >= 11 is 0. The van der Waals surface area contributed by atoms with Crippen molar-refractivity contribution in [3.8, 4) is 5.75 Å². The molecule has 1 atom stereocenters. The second kappa shape index (κ2) is 14.4. The molecule has 2 aromatic carbocycles. The predicted octanol–water partition coefficient (Wildman–Crippen LogP) is 4.81. The van der Waals surface area contributed by atoms with E-state index in [1.54, 1.807) is 24.1 Å². The van der Waals surface area contributed by atoms with Crippen molar-refractivity contribution in [1.82, 2.24) is 10.2 Å². The molecule has 0 heterocycles. The van der Waals surface area contributed by atoms with E-state index >= 15 is 0 Å². The van der Waals surface area contributed by atoms with Crippen molar-refractivity contribution in [3.05, 3.63) is 59.7 Å². The summed E-state index contributed by atoms with van der Waals surface area (Å²) in [4.78, 5) is 28.7. The molecule has 8 nitrogen and oxygen atoms in total. The third kappa shape index (κ3) is 8.71. The third-order valence-electron chi connectivity index (χ3n) is 7.39. The molecule has 2 aromatic rings. The number of hydrogen-bond donors (Lipinski definition) is 1.